The van der Waals surface area contributed by atoms with E-state index in [1.165, 1.54) is 13.2 Å². The summed E-state index contributed by atoms with van der Waals surface area (Å²) in [4.78, 5) is 0. The molecule has 1 saturated carbocycles. The molecule has 2 rings (SSSR count). The number of methoxy groups -OCH3 is 1. The number of benzene rings is 1. The number of hydrogen-bond donors (Lipinski definition) is 0. The molecular formula is C11H12BrFO. The highest BCUT2D eigenvalue weighted by atomic mass is 79.9. The van der Waals surface area contributed by atoms with E-state index in [1.807, 2.05) is 6.07 Å². The van der Waals surface area contributed by atoms with Crippen LogP contribution in [0.25, 0.3) is 0 Å². The molecule has 1 nitrogen and oxygen atoms in total. The third-order valence-corrected chi connectivity index (χ3v) is 3.93. The highest BCUT2D eigenvalue weighted by Crippen LogP contribution is 2.52. The van der Waals surface area contributed by atoms with Crippen LogP contribution in [0.15, 0.2) is 18.2 Å². The third kappa shape index (κ3) is 1.44. The zero-order valence-electron chi connectivity index (χ0n) is 8.02. The van der Waals surface area contributed by atoms with Gasteiger partial charge in [-0.25, -0.2) is 4.39 Å². The smallest absolute Gasteiger partial charge is 0.165 e. The second-order valence-corrected chi connectivity index (χ2v) is 4.30. The van der Waals surface area contributed by atoms with E-state index < -0.39 is 0 Å². The number of alkyl halides is 1. The Morgan fingerprint density at radius 2 is 2.21 bits per heavy atom. The summed E-state index contributed by atoms with van der Waals surface area (Å²) in [6.07, 6.45) is 2.22. The van der Waals surface area contributed by atoms with E-state index in [9.17, 15) is 4.39 Å². The van der Waals surface area contributed by atoms with Crippen molar-refractivity contribution in [2.24, 2.45) is 0 Å². The summed E-state index contributed by atoms with van der Waals surface area (Å²) >= 11 is 3.48. The van der Waals surface area contributed by atoms with Crippen LogP contribution < -0.4 is 4.74 Å². The van der Waals surface area contributed by atoms with Gasteiger partial charge in [0.1, 0.15) is 0 Å². The molecule has 1 aliphatic carbocycles. The predicted octanol–water partition coefficient (Wildman–Crippen LogP) is 3.26. The summed E-state index contributed by atoms with van der Waals surface area (Å²) in [5.41, 5.74) is 1.12. The molecule has 14 heavy (non-hydrogen) atoms. The van der Waals surface area contributed by atoms with Crippen molar-refractivity contribution in [2.45, 2.75) is 18.3 Å². The Hall–Kier alpha value is -0.570. The lowest BCUT2D eigenvalue weighted by Crippen LogP contribution is -2.10. The molecule has 1 aromatic carbocycles. The fourth-order valence-electron chi connectivity index (χ4n) is 1.76. The molecular weight excluding hydrogens is 247 g/mol. The first-order valence-electron chi connectivity index (χ1n) is 4.62. The van der Waals surface area contributed by atoms with Gasteiger partial charge < -0.3 is 4.74 Å². The fraction of sp³-hybridized carbons (Fsp3) is 0.455. The van der Waals surface area contributed by atoms with Gasteiger partial charge in [0.15, 0.2) is 11.6 Å². The summed E-state index contributed by atoms with van der Waals surface area (Å²) in [6, 6.07) is 5.14. The SMILES string of the molecule is COc1c(F)cccc1C1(CBr)CC1. The lowest BCUT2D eigenvalue weighted by Gasteiger charge is -2.16. The molecule has 1 fully saturated rings. The monoisotopic (exact) mass is 258 g/mol. The van der Waals surface area contributed by atoms with Crippen molar-refractivity contribution in [1.29, 1.82) is 0 Å². The molecule has 0 amide bonds. The van der Waals surface area contributed by atoms with E-state index in [0.717, 1.165) is 23.7 Å². The van der Waals surface area contributed by atoms with Gasteiger partial charge in [0.25, 0.3) is 0 Å². The number of hydrogen-bond acceptors (Lipinski definition) is 1. The zero-order valence-corrected chi connectivity index (χ0v) is 9.60. The van der Waals surface area contributed by atoms with Crippen LogP contribution in [-0.2, 0) is 5.41 Å². The van der Waals surface area contributed by atoms with Gasteiger partial charge in [-0.15, -0.1) is 0 Å². The van der Waals surface area contributed by atoms with Crippen LogP contribution in [0.4, 0.5) is 4.39 Å². The Morgan fingerprint density at radius 1 is 1.50 bits per heavy atom. The summed E-state index contributed by atoms with van der Waals surface area (Å²) < 4.78 is 18.5. The molecule has 1 aliphatic rings. The Morgan fingerprint density at radius 3 is 2.71 bits per heavy atom. The molecule has 0 heterocycles. The van der Waals surface area contributed by atoms with Crippen molar-refractivity contribution in [1.82, 2.24) is 0 Å². The molecule has 0 spiro atoms. The van der Waals surface area contributed by atoms with E-state index in [2.05, 4.69) is 15.9 Å². The van der Waals surface area contributed by atoms with Crippen molar-refractivity contribution in [2.75, 3.05) is 12.4 Å². The molecule has 0 saturated heterocycles. The topological polar surface area (TPSA) is 9.23 Å². The maximum Gasteiger partial charge on any atom is 0.165 e. The molecule has 0 atom stereocenters. The highest BCUT2D eigenvalue weighted by molar-refractivity contribution is 9.09. The van der Waals surface area contributed by atoms with Crippen LogP contribution in [0.1, 0.15) is 18.4 Å². The fourth-order valence-corrected chi connectivity index (χ4v) is 2.62. The van der Waals surface area contributed by atoms with Crippen LogP contribution in [0.3, 0.4) is 0 Å². The van der Waals surface area contributed by atoms with E-state index in [4.69, 9.17) is 4.74 Å². The van der Waals surface area contributed by atoms with Crippen molar-refractivity contribution in [3.05, 3.63) is 29.6 Å². The minimum absolute atomic E-state index is 0.118. The van der Waals surface area contributed by atoms with Crippen LogP contribution in [0, 0.1) is 5.82 Å². The maximum atomic E-state index is 13.4. The quantitative estimate of drug-likeness (QED) is 0.757. The van der Waals surface area contributed by atoms with E-state index in [1.54, 1.807) is 6.07 Å². The number of para-hydroxylation sites is 1. The normalized spacial score (nSPS) is 17.9. The molecule has 76 valence electrons. The summed E-state index contributed by atoms with van der Waals surface area (Å²) in [5, 5.41) is 0.875. The molecule has 0 bridgehead atoms. The second kappa shape index (κ2) is 3.54. The first-order valence-corrected chi connectivity index (χ1v) is 5.74. The average molecular weight is 259 g/mol. The summed E-state index contributed by atoms with van der Waals surface area (Å²) in [6.45, 7) is 0. The van der Waals surface area contributed by atoms with Crippen LogP contribution in [-0.4, -0.2) is 12.4 Å². The lowest BCUT2D eigenvalue weighted by molar-refractivity contribution is 0.378. The van der Waals surface area contributed by atoms with Gasteiger partial charge in [0, 0.05) is 16.3 Å². The largest absolute Gasteiger partial charge is 0.493 e. The molecule has 3 heteroatoms. The van der Waals surface area contributed by atoms with Crippen molar-refractivity contribution >= 4 is 15.9 Å². The third-order valence-electron chi connectivity index (χ3n) is 2.85. The van der Waals surface area contributed by atoms with Crippen molar-refractivity contribution in [3.63, 3.8) is 0 Å². The van der Waals surface area contributed by atoms with E-state index >= 15 is 0 Å². The highest BCUT2D eigenvalue weighted by Gasteiger charge is 2.45. The summed E-state index contributed by atoms with van der Waals surface area (Å²) in [7, 11) is 1.52. The second-order valence-electron chi connectivity index (χ2n) is 3.73. The Kier molecular flexibility index (Phi) is 2.52. The maximum absolute atomic E-state index is 13.4. The van der Waals surface area contributed by atoms with E-state index in [-0.39, 0.29) is 11.2 Å². The molecule has 0 N–H and O–H groups in total. The first kappa shape index (κ1) is 9.97. The Balaban J connectivity index is 2.47. The van der Waals surface area contributed by atoms with Crippen molar-refractivity contribution in [3.8, 4) is 5.75 Å². The number of ether oxygens (including phenoxy) is 1. The van der Waals surface area contributed by atoms with E-state index in [0.29, 0.717) is 5.75 Å². The lowest BCUT2D eigenvalue weighted by atomic mass is 9.97. The van der Waals surface area contributed by atoms with Gasteiger partial charge in [-0.1, -0.05) is 28.1 Å². The average Bonchev–Trinajstić information content (AvgIpc) is 2.98. The molecule has 1 aromatic rings. The molecule has 0 aromatic heterocycles. The van der Waals surface area contributed by atoms with Gasteiger partial charge in [0.2, 0.25) is 0 Å². The first-order chi connectivity index (χ1) is 6.73. The number of rotatable bonds is 3. The van der Waals surface area contributed by atoms with Gasteiger partial charge in [-0.05, 0) is 18.9 Å². The van der Waals surface area contributed by atoms with Crippen LogP contribution in [0.2, 0.25) is 0 Å². The molecule has 0 aliphatic heterocycles. The Labute approximate surface area is 91.4 Å². The predicted molar refractivity (Wildman–Crippen MR) is 57.7 cm³/mol. The Bertz CT molecular complexity index is 347. The van der Waals surface area contributed by atoms with Gasteiger partial charge in [0.05, 0.1) is 7.11 Å². The van der Waals surface area contributed by atoms with Gasteiger partial charge in [-0.2, -0.15) is 0 Å². The number of halogens is 2. The zero-order chi connectivity index (χ0) is 10.2. The van der Waals surface area contributed by atoms with Gasteiger partial charge in [-0.3, -0.25) is 0 Å². The minimum atomic E-state index is -0.266. The summed E-state index contributed by atoms with van der Waals surface area (Å²) in [5.74, 6) is 0.140. The molecule has 0 unspecified atom stereocenters. The minimum Gasteiger partial charge on any atom is -0.493 e. The van der Waals surface area contributed by atoms with Gasteiger partial charge >= 0.3 is 0 Å². The van der Waals surface area contributed by atoms with Crippen LogP contribution in [0.5, 0.6) is 5.75 Å². The van der Waals surface area contributed by atoms with Crippen molar-refractivity contribution < 1.29 is 9.13 Å². The standard InChI is InChI=1S/C11H12BrFO/c1-14-10-8(3-2-4-9(10)13)11(7-12)5-6-11/h2-4H,5-7H2,1H3. The molecule has 0 radical (unpaired) electrons. The van der Waals surface area contributed by atoms with Crippen LogP contribution >= 0.6 is 15.9 Å².